The van der Waals surface area contributed by atoms with Gasteiger partial charge in [-0.1, -0.05) is 0 Å². The molecule has 0 atom stereocenters. The third-order valence-electron chi connectivity index (χ3n) is 0.389. The Morgan fingerprint density at radius 1 is 0.375 bits per heavy atom. The van der Waals surface area contributed by atoms with Crippen molar-refractivity contribution in [3.63, 3.8) is 0 Å². The minimum absolute atomic E-state index is 0. The van der Waals surface area contributed by atoms with E-state index >= 15 is 0 Å². The summed E-state index contributed by atoms with van der Waals surface area (Å²) >= 11 is 0. The zero-order valence-electron chi connectivity index (χ0n) is 12.2. The molecular weight excluding hydrogens is 541 g/mol. The Kier molecular flexibility index (Phi) is 36.0. The summed E-state index contributed by atoms with van der Waals surface area (Å²) < 4.78 is 123. The first-order valence-corrected chi connectivity index (χ1v) is 8.33. The first-order valence-electron chi connectivity index (χ1n) is 3.00. The summed E-state index contributed by atoms with van der Waals surface area (Å²) in [4.78, 5) is 0. The second-order valence-electron chi connectivity index (χ2n) is 1.91. The van der Waals surface area contributed by atoms with Gasteiger partial charge in [0.25, 0.3) is 0 Å². The van der Waals surface area contributed by atoms with Crippen molar-refractivity contribution >= 4 is 41.6 Å². The molecule has 0 heterocycles. The molecule has 0 rings (SSSR count). The standard InChI is InChI=1S/4K.2H2O8S2/c;;;;2*1-9(2,3)7-8-10(4,5)6/h;;;;2*(H,1,2,3)(H,4,5,6)/q4*+1;;/p-4. The third kappa shape index (κ3) is 51.0. The molecule has 16 nitrogen and oxygen atoms in total. The Morgan fingerprint density at radius 3 is 0.500 bits per heavy atom. The Labute approximate surface area is 307 Å². The minimum atomic E-state index is -5.31. The normalized spacial score (nSPS) is 11.2. The van der Waals surface area contributed by atoms with Crippen LogP contribution in [0.3, 0.4) is 0 Å². The summed E-state index contributed by atoms with van der Waals surface area (Å²) in [6.45, 7) is 0. The van der Waals surface area contributed by atoms with Gasteiger partial charge in [0.2, 0.25) is 41.6 Å². The Hall–Kier alpha value is 6.03. The summed E-state index contributed by atoms with van der Waals surface area (Å²) in [6, 6.07) is 0. The molecule has 0 unspecified atom stereocenters. The Balaban J connectivity index is -0.0000000579. The largest absolute Gasteiger partial charge is 1.00 e. The first kappa shape index (κ1) is 43.8. The van der Waals surface area contributed by atoms with E-state index in [1.807, 2.05) is 0 Å². The van der Waals surface area contributed by atoms with Crippen molar-refractivity contribution in [3.8, 4) is 0 Å². The topological polar surface area (TPSA) is 266 Å². The van der Waals surface area contributed by atoms with Crippen LogP contribution in [0.5, 0.6) is 0 Å². The fourth-order valence-corrected chi connectivity index (χ4v) is 1.22. The van der Waals surface area contributed by atoms with Crippen molar-refractivity contribution in [1.82, 2.24) is 0 Å². The van der Waals surface area contributed by atoms with Gasteiger partial charge in [-0.15, -0.1) is 17.3 Å². The van der Waals surface area contributed by atoms with E-state index in [1.165, 1.54) is 0 Å². The van der Waals surface area contributed by atoms with Crippen LogP contribution in [0.15, 0.2) is 0 Å². The van der Waals surface area contributed by atoms with Gasteiger partial charge in [0.15, 0.2) is 0 Å². The number of hydrogen-bond donors (Lipinski definition) is 0. The van der Waals surface area contributed by atoms with Crippen LogP contribution in [0, 0.1) is 0 Å². The molecule has 0 fully saturated rings. The van der Waals surface area contributed by atoms with E-state index in [4.69, 9.17) is 0 Å². The molecule has 24 heteroatoms. The van der Waals surface area contributed by atoms with Crippen LogP contribution in [-0.4, -0.2) is 51.9 Å². The predicted molar refractivity (Wildman–Crippen MR) is 43.1 cm³/mol. The molecule has 0 aliphatic heterocycles. The van der Waals surface area contributed by atoms with Crippen molar-refractivity contribution in [2.75, 3.05) is 0 Å². The summed E-state index contributed by atoms with van der Waals surface area (Å²) in [5.74, 6) is 0. The van der Waals surface area contributed by atoms with Gasteiger partial charge in [0, 0.05) is 0 Å². The van der Waals surface area contributed by atoms with Crippen LogP contribution >= 0.6 is 0 Å². The van der Waals surface area contributed by atoms with E-state index in [1.54, 1.807) is 0 Å². The van der Waals surface area contributed by atoms with Gasteiger partial charge < -0.3 is 18.2 Å². The molecule has 24 heavy (non-hydrogen) atoms. The molecule has 0 aromatic heterocycles. The first-order chi connectivity index (χ1) is 8.41. The molecule has 124 valence electrons. The molecule has 0 aliphatic carbocycles. The summed E-state index contributed by atoms with van der Waals surface area (Å²) in [6.07, 6.45) is 0. The molecular formula is K4O16S4. The van der Waals surface area contributed by atoms with E-state index in [0.29, 0.717) is 0 Å². The van der Waals surface area contributed by atoms with Gasteiger partial charge in [0.1, 0.15) is 0 Å². The van der Waals surface area contributed by atoms with Gasteiger partial charge >= 0.3 is 206 Å². The summed E-state index contributed by atoms with van der Waals surface area (Å²) in [5, 5.41) is 0. The molecule has 0 saturated carbocycles. The number of hydrogen-bond acceptors (Lipinski definition) is 16. The molecule has 0 saturated heterocycles. The molecule has 0 N–H and O–H groups in total. The van der Waals surface area contributed by atoms with E-state index < -0.39 is 41.6 Å². The van der Waals surface area contributed by atoms with Crippen molar-refractivity contribution in [2.24, 2.45) is 0 Å². The maximum atomic E-state index is 9.37. The van der Waals surface area contributed by atoms with Gasteiger partial charge in [-0.05, 0) is 0 Å². The molecule has 0 amide bonds. The van der Waals surface area contributed by atoms with Crippen LogP contribution in [-0.2, 0) is 58.9 Å². The fourth-order valence-electron chi connectivity index (χ4n) is 0.136. The molecule has 0 bridgehead atoms. The van der Waals surface area contributed by atoms with Crippen molar-refractivity contribution in [3.05, 3.63) is 0 Å². The average molecular weight is 541 g/mol. The summed E-state index contributed by atoms with van der Waals surface area (Å²) in [5.41, 5.74) is 0. The van der Waals surface area contributed by atoms with Crippen LogP contribution in [0.2, 0.25) is 0 Å². The van der Waals surface area contributed by atoms with Gasteiger partial charge in [0.05, 0.1) is 0 Å². The van der Waals surface area contributed by atoms with E-state index in [0.717, 1.165) is 0 Å². The third-order valence-corrected chi connectivity index (χ3v) is 1.50. The van der Waals surface area contributed by atoms with E-state index in [2.05, 4.69) is 17.3 Å². The monoisotopic (exact) mass is 540 g/mol. The van der Waals surface area contributed by atoms with Gasteiger partial charge in [-0.2, -0.15) is 0 Å². The Bertz CT molecular complexity index is 566. The van der Waals surface area contributed by atoms with Gasteiger partial charge in [-0.3, -0.25) is 0 Å². The number of rotatable bonds is 6. The fraction of sp³-hybridized carbons (Fsp3) is 0. The molecule has 0 radical (unpaired) electrons. The molecule has 0 aromatic carbocycles. The van der Waals surface area contributed by atoms with E-state index in [-0.39, 0.29) is 206 Å². The molecule has 0 aliphatic rings. The predicted octanol–water partition coefficient (Wildman–Crippen LogP) is -16.3. The Morgan fingerprint density at radius 2 is 0.458 bits per heavy atom. The SMILES string of the molecule is O=S(=O)([O-])OOS(=O)(=O)[O-].O=S(=O)([O-])OOS(=O)(=O)[O-].[K+].[K+].[K+].[K+]. The van der Waals surface area contributed by atoms with Crippen molar-refractivity contribution in [1.29, 1.82) is 0 Å². The maximum absolute atomic E-state index is 9.37. The van der Waals surface area contributed by atoms with Crippen LogP contribution in [0.1, 0.15) is 0 Å². The quantitative estimate of drug-likeness (QED) is 0.0994. The zero-order valence-corrected chi connectivity index (χ0v) is 27.9. The summed E-state index contributed by atoms with van der Waals surface area (Å²) in [7, 11) is -21.2. The van der Waals surface area contributed by atoms with Crippen LogP contribution < -0.4 is 206 Å². The van der Waals surface area contributed by atoms with Crippen LogP contribution in [0.4, 0.5) is 0 Å². The zero-order chi connectivity index (χ0) is 16.8. The molecule has 0 spiro atoms. The average Bonchev–Trinajstić information content (AvgIpc) is 2.09. The minimum Gasteiger partial charge on any atom is -0.724 e. The van der Waals surface area contributed by atoms with Crippen molar-refractivity contribution in [2.45, 2.75) is 0 Å². The van der Waals surface area contributed by atoms with E-state index in [9.17, 15) is 51.9 Å². The van der Waals surface area contributed by atoms with Crippen molar-refractivity contribution < 1.29 is 275 Å². The van der Waals surface area contributed by atoms with Gasteiger partial charge in [-0.25, -0.2) is 33.7 Å². The smallest absolute Gasteiger partial charge is 0.724 e. The second-order valence-corrected chi connectivity index (χ2v) is 5.72. The molecule has 0 aromatic rings. The van der Waals surface area contributed by atoms with Crippen LogP contribution in [0.25, 0.3) is 0 Å². The second kappa shape index (κ2) is 19.7. The maximum Gasteiger partial charge on any atom is 1.00 e.